The van der Waals surface area contributed by atoms with Crippen molar-refractivity contribution in [3.8, 4) is 0 Å². The van der Waals surface area contributed by atoms with Gasteiger partial charge in [-0.15, -0.1) is 0 Å². The van der Waals surface area contributed by atoms with E-state index in [4.69, 9.17) is 5.73 Å². The van der Waals surface area contributed by atoms with Gasteiger partial charge in [0.05, 0.1) is 5.56 Å². The molecule has 2 atom stereocenters. The highest BCUT2D eigenvalue weighted by molar-refractivity contribution is 6.00. The zero-order valence-electron chi connectivity index (χ0n) is 11.4. The number of hydrogen-bond acceptors (Lipinski definition) is 4. The van der Waals surface area contributed by atoms with E-state index in [-0.39, 0.29) is 5.91 Å². The lowest BCUT2D eigenvalue weighted by Gasteiger charge is -2.33. The highest BCUT2D eigenvalue weighted by Crippen LogP contribution is 2.34. The largest absolute Gasteiger partial charge is 0.398 e. The fourth-order valence-electron chi connectivity index (χ4n) is 3.24. The van der Waals surface area contributed by atoms with E-state index in [0.717, 1.165) is 18.8 Å². The molecule has 2 saturated heterocycles. The maximum absolute atomic E-state index is 11.8. The third-order valence-corrected chi connectivity index (χ3v) is 4.35. The maximum Gasteiger partial charge on any atom is 0.253 e. The molecule has 2 fully saturated rings. The quantitative estimate of drug-likeness (QED) is 0.761. The molecule has 1 aromatic rings. The number of nitrogens with one attached hydrogen (secondary N) is 1. The van der Waals surface area contributed by atoms with Gasteiger partial charge >= 0.3 is 0 Å². The first-order valence-electron chi connectivity index (χ1n) is 6.68. The predicted octanol–water partition coefficient (Wildman–Crippen LogP) is 0.521. The van der Waals surface area contributed by atoms with Gasteiger partial charge in [0.1, 0.15) is 0 Å². The van der Waals surface area contributed by atoms with Crippen LogP contribution >= 0.6 is 0 Å². The van der Waals surface area contributed by atoms with Crippen LogP contribution in [0.2, 0.25) is 0 Å². The molecule has 2 aliphatic heterocycles. The van der Waals surface area contributed by atoms with Crippen LogP contribution in [0.1, 0.15) is 16.8 Å². The van der Waals surface area contributed by atoms with E-state index in [9.17, 15) is 4.79 Å². The van der Waals surface area contributed by atoms with Gasteiger partial charge in [-0.2, -0.15) is 0 Å². The van der Waals surface area contributed by atoms with E-state index < -0.39 is 0 Å². The van der Waals surface area contributed by atoms with Crippen LogP contribution in [0.5, 0.6) is 0 Å². The summed E-state index contributed by atoms with van der Waals surface area (Å²) in [6, 6.07) is 6.97. The highest BCUT2D eigenvalue weighted by atomic mass is 16.1. The summed E-state index contributed by atoms with van der Waals surface area (Å²) < 4.78 is 0. The molecule has 2 bridgehead atoms. The first kappa shape index (κ1) is 12.3. The first-order valence-corrected chi connectivity index (χ1v) is 6.68. The minimum absolute atomic E-state index is 0.124. The number of carbonyl (C=O) groups excluding carboxylic acids is 1. The normalized spacial score (nSPS) is 25.9. The summed E-state index contributed by atoms with van der Waals surface area (Å²) in [4.78, 5) is 16.6. The molecule has 3 N–H and O–H groups in total. The summed E-state index contributed by atoms with van der Waals surface area (Å²) in [6.07, 6.45) is 1.22. The topological polar surface area (TPSA) is 61.6 Å². The molecule has 19 heavy (non-hydrogen) atoms. The summed E-state index contributed by atoms with van der Waals surface area (Å²) in [5.74, 6) is -0.124. The van der Waals surface area contributed by atoms with Crippen molar-refractivity contribution in [3.63, 3.8) is 0 Å². The minimum Gasteiger partial charge on any atom is -0.398 e. The number of piperazine rings is 1. The summed E-state index contributed by atoms with van der Waals surface area (Å²) in [5, 5.41) is 2.64. The number of rotatable bonds is 2. The van der Waals surface area contributed by atoms with Crippen LogP contribution in [0.3, 0.4) is 0 Å². The van der Waals surface area contributed by atoms with E-state index in [1.54, 1.807) is 7.05 Å². The van der Waals surface area contributed by atoms with Crippen LogP contribution < -0.4 is 16.0 Å². The van der Waals surface area contributed by atoms with Gasteiger partial charge in [0.15, 0.2) is 0 Å². The number of likely N-dealkylation sites (tertiary alicyclic amines) is 1. The number of fused-ring (bicyclic) bond motifs is 2. The van der Waals surface area contributed by atoms with E-state index in [1.165, 1.54) is 6.42 Å². The van der Waals surface area contributed by atoms with Gasteiger partial charge in [-0.1, -0.05) is 0 Å². The van der Waals surface area contributed by atoms with E-state index in [2.05, 4.69) is 22.2 Å². The lowest BCUT2D eigenvalue weighted by molar-refractivity contribution is 0.0964. The number of hydrogen-bond donors (Lipinski definition) is 2. The van der Waals surface area contributed by atoms with E-state index in [0.29, 0.717) is 23.3 Å². The van der Waals surface area contributed by atoms with Crippen molar-refractivity contribution in [2.24, 2.45) is 0 Å². The van der Waals surface area contributed by atoms with Crippen molar-refractivity contribution in [1.82, 2.24) is 10.2 Å². The highest BCUT2D eigenvalue weighted by Gasteiger charge is 2.41. The Morgan fingerprint density at radius 2 is 2.16 bits per heavy atom. The summed E-state index contributed by atoms with van der Waals surface area (Å²) in [6.45, 7) is 2.14. The van der Waals surface area contributed by atoms with Crippen LogP contribution in [0.4, 0.5) is 11.4 Å². The van der Waals surface area contributed by atoms with Crippen molar-refractivity contribution in [1.29, 1.82) is 0 Å². The molecule has 1 aromatic carbocycles. The molecule has 0 aromatic heterocycles. The first-order chi connectivity index (χ1) is 9.10. The lowest BCUT2D eigenvalue weighted by Crippen LogP contribution is -2.44. The van der Waals surface area contributed by atoms with Crippen molar-refractivity contribution in [2.75, 3.05) is 37.8 Å². The molecule has 0 unspecified atom stereocenters. The van der Waals surface area contributed by atoms with Crippen molar-refractivity contribution < 1.29 is 4.79 Å². The molecule has 102 valence electrons. The molecule has 0 aliphatic carbocycles. The lowest BCUT2D eigenvalue weighted by atomic mass is 10.1. The number of nitrogen functional groups attached to an aromatic ring is 1. The Labute approximate surface area is 113 Å². The van der Waals surface area contributed by atoms with Gasteiger partial charge in [-0.05, 0) is 31.7 Å². The van der Waals surface area contributed by atoms with Crippen LogP contribution in [-0.2, 0) is 0 Å². The van der Waals surface area contributed by atoms with Gasteiger partial charge < -0.3 is 16.0 Å². The molecule has 1 amide bonds. The molecule has 2 heterocycles. The average Bonchev–Trinajstić information content (AvgIpc) is 2.97. The average molecular weight is 260 g/mol. The number of benzene rings is 1. The minimum atomic E-state index is -0.124. The number of carbonyl (C=O) groups is 1. The summed E-state index contributed by atoms with van der Waals surface area (Å²) >= 11 is 0. The van der Waals surface area contributed by atoms with Crippen molar-refractivity contribution >= 4 is 17.3 Å². The number of amides is 1. The number of nitrogens with two attached hydrogens (primary N) is 1. The third kappa shape index (κ3) is 1.94. The Balaban J connectivity index is 1.89. The molecule has 0 radical (unpaired) electrons. The number of nitrogens with zero attached hydrogens (tertiary/aromatic N) is 2. The number of anilines is 2. The van der Waals surface area contributed by atoms with Crippen LogP contribution in [0.25, 0.3) is 0 Å². The molecule has 3 rings (SSSR count). The summed E-state index contributed by atoms with van der Waals surface area (Å²) in [5.41, 5.74) is 8.08. The van der Waals surface area contributed by atoms with Crippen LogP contribution in [-0.4, -0.2) is 50.1 Å². The van der Waals surface area contributed by atoms with E-state index in [1.807, 2.05) is 18.2 Å². The molecule has 0 spiro atoms. The molecule has 2 aliphatic rings. The molecule has 5 heteroatoms. The second kappa shape index (κ2) is 4.42. The summed E-state index contributed by atoms with van der Waals surface area (Å²) in [7, 11) is 3.81. The second-order valence-electron chi connectivity index (χ2n) is 5.49. The Morgan fingerprint density at radius 3 is 2.74 bits per heavy atom. The van der Waals surface area contributed by atoms with Gasteiger partial charge in [-0.3, -0.25) is 9.69 Å². The zero-order chi connectivity index (χ0) is 13.6. The molecular formula is C14H20N4O. The fourth-order valence-corrected chi connectivity index (χ4v) is 3.24. The van der Waals surface area contributed by atoms with Crippen LogP contribution in [0.15, 0.2) is 18.2 Å². The van der Waals surface area contributed by atoms with Gasteiger partial charge in [0.2, 0.25) is 0 Å². The Hall–Kier alpha value is -1.75. The van der Waals surface area contributed by atoms with Crippen molar-refractivity contribution in [2.45, 2.75) is 18.5 Å². The Bertz CT molecular complexity index is 514. The van der Waals surface area contributed by atoms with Gasteiger partial charge in [0.25, 0.3) is 5.91 Å². The SMILES string of the molecule is CNC(=O)c1cc(N2C[C@@H]3C[C@H]2CN3C)ccc1N. The van der Waals surface area contributed by atoms with Gasteiger partial charge in [0, 0.05) is 43.6 Å². The molecule has 0 saturated carbocycles. The Kier molecular flexibility index (Phi) is 2.86. The standard InChI is InChI=1S/C14H20N4O/c1-16-14(19)12-6-9(3-4-13(12)15)18-8-10-5-11(18)7-17(10)2/h3-4,6,10-11H,5,7-8,15H2,1-2H3,(H,16,19)/t10-,11-/m0/s1. The fraction of sp³-hybridized carbons (Fsp3) is 0.500. The van der Waals surface area contributed by atoms with E-state index >= 15 is 0 Å². The Morgan fingerprint density at radius 1 is 1.37 bits per heavy atom. The van der Waals surface area contributed by atoms with Crippen LogP contribution in [0, 0.1) is 0 Å². The maximum atomic E-state index is 11.8. The third-order valence-electron chi connectivity index (χ3n) is 4.35. The molecule has 5 nitrogen and oxygen atoms in total. The predicted molar refractivity (Wildman–Crippen MR) is 76.4 cm³/mol. The van der Waals surface area contributed by atoms with Crippen molar-refractivity contribution in [3.05, 3.63) is 23.8 Å². The number of likely N-dealkylation sites (N-methyl/N-ethyl adjacent to an activating group) is 1. The van der Waals surface area contributed by atoms with Gasteiger partial charge in [-0.25, -0.2) is 0 Å². The smallest absolute Gasteiger partial charge is 0.253 e. The monoisotopic (exact) mass is 260 g/mol. The zero-order valence-corrected chi connectivity index (χ0v) is 11.4. The second-order valence-corrected chi connectivity index (χ2v) is 5.49. The molecular weight excluding hydrogens is 240 g/mol.